The van der Waals surface area contributed by atoms with E-state index in [0.717, 1.165) is 34.0 Å². The fraction of sp³-hybridized carbons (Fsp3) is 0.429. The summed E-state index contributed by atoms with van der Waals surface area (Å²) in [7, 11) is 3.13. The molecule has 2 fully saturated rings. The number of likely N-dealkylation sites (tertiary alicyclic amines) is 2. The van der Waals surface area contributed by atoms with Crippen LogP contribution in [0.5, 0.6) is 11.5 Å². The lowest BCUT2D eigenvalue weighted by atomic mass is 9.79. The van der Waals surface area contributed by atoms with E-state index >= 15 is 0 Å². The Morgan fingerprint density at radius 2 is 1.80 bits per heavy atom. The summed E-state index contributed by atoms with van der Waals surface area (Å²) in [5.41, 5.74) is 3.85. The van der Waals surface area contributed by atoms with Gasteiger partial charge in [0.2, 0.25) is 17.7 Å². The number of hydrogen-bond donors (Lipinski definition) is 3. The second kappa shape index (κ2) is 15.4. The second-order valence-corrected chi connectivity index (χ2v) is 15.9. The SMILES string of the molecule is CNC(=O)[C@H](CCCc1ccccc1)NC(=O)C1CN(C(=O)Cc2c[nH]c3cc(Cl)ccc23)CC2CN(C(=O)c3cc4c(c(OC)c3)OC(C)(C)C4)CC21. The van der Waals surface area contributed by atoms with E-state index in [1.807, 2.05) is 68.6 Å². The van der Waals surface area contributed by atoms with Gasteiger partial charge in [0.05, 0.1) is 19.4 Å². The minimum Gasteiger partial charge on any atom is -0.493 e. The molecule has 11 nitrogen and oxygen atoms in total. The third-order valence-electron chi connectivity index (χ3n) is 11.2. The van der Waals surface area contributed by atoms with Crippen LogP contribution in [0.4, 0.5) is 0 Å². The molecule has 3 aliphatic rings. The Morgan fingerprint density at radius 3 is 2.56 bits per heavy atom. The van der Waals surface area contributed by atoms with E-state index < -0.39 is 17.6 Å². The van der Waals surface area contributed by atoms with Gasteiger partial charge in [-0.25, -0.2) is 0 Å². The fourth-order valence-electron chi connectivity index (χ4n) is 8.51. The summed E-state index contributed by atoms with van der Waals surface area (Å²) in [5.74, 6) is -0.620. The van der Waals surface area contributed by atoms with Crippen molar-refractivity contribution < 1.29 is 28.7 Å². The van der Waals surface area contributed by atoms with Gasteiger partial charge >= 0.3 is 0 Å². The maximum Gasteiger partial charge on any atom is 0.254 e. The number of aromatic amines is 1. The van der Waals surface area contributed by atoms with E-state index in [1.165, 1.54) is 0 Å². The summed E-state index contributed by atoms with van der Waals surface area (Å²) in [5, 5.41) is 7.28. The average molecular weight is 754 g/mol. The lowest BCUT2D eigenvalue weighted by molar-refractivity contribution is -0.140. The van der Waals surface area contributed by atoms with Crippen molar-refractivity contribution in [3.8, 4) is 11.5 Å². The van der Waals surface area contributed by atoms with Crippen LogP contribution in [0, 0.1) is 17.8 Å². The number of ether oxygens (including phenoxy) is 2. The lowest BCUT2D eigenvalue weighted by Gasteiger charge is -2.40. The van der Waals surface area contributed by atoms with Gasteiger partial charge in [0.15, 0.2) is 11.5 Å². The molecule has 3 unspecified atom stereocenters. The largest absolute Gasteiger partial charge is 0.493 e. The minimum absolute atomic E-state index is 0.108. The first-order valence-electron chi connectivity index (χ1n) is 18.7. The minimum atomic E-state index is -0.738. The number of halogens is 1. The highest BCUT2D eigenvalue weighted by Crippen LogP contribution is 2.44. The molecule has 4 aromatic rings. The smallest absolute Gasteiger partial charge is 0.254 e. The summed E-state index contributed by atoms with van der Waals surface area (Å²) >= 11 is 6.20. The molecular formula is C42H48ClN5O6. The molecule has 0 radical (unpaired) electrons. The molecular weight excluding hydrogens is 706 g/mol. The van der Waals surface area contributed by atoms with Gasteiger partial charge in [-0.1, -0.05) is 48.0 Å². The number of piperidine rings is 1. The van der Waals surface area contributed by atoms with Crippen LogP contribution in [0.1, 0.15) is 53.7 Å². The van der Waals surface area contributed by atoms with Crippen LogP contribution in [0.3, 0.4) is 0 Å². The molecule has 4 heterocycles. The van der Waals surface area contributed by atoms with Gasteiger partial charge in [-0.15, -0.1) is 0 Å². The summed E-state index contributed by atoms with van der Waals surface area (Å²) in [6, 6.07) is 18.4. The van der Waals surface area contributed by atoms with E-state index in [1.54, 1.807) is 36.1 Å². The molecule has 0 aliphatic carbocycles. The van der Waals surface area contributed by atoms with Gasteiger partial charge in [-0.2, -0.15) is 0 Å². The second-order valence-electron chi connectivity index (χ2n) is 15.5. The number of H-pyrrole nitrogens is 1. The summed E-state index contributed by atoms with van der Waals surface area (Å²) < 4.78 is 11.8. The molecule has 0 bridgehead atoms. The first kappa shape index (κ1) is 37.3. The predicted molar refractivity (Wildman–Crippen MR) is 207 cm³/mol. The molecule has 3 aliphatic heterocycles. The van der Waals surface area contributed by atoms with Crippen LogP contribution in [0.2, 0.25) is 5.02 Å². The summed E-state index contributed by atoms with van der Waals surface area (Å²) in [6.07, 6.45) is 4.55. The maximum atomic E-state index is 14.3. The Bertz CT molecular complexity index is 2060. The number of aromatic nitrogens is 1. The third-order valence-corrected chi connectivity index (χ3v) is 11.4. The standard InChI is InChI=1S/C42H48ClN5O6/c1-42(2)19-27-15-26(16-36(53-4)38(27)54-42)41(52)48-22-29-21-47(37(49)17-28-20-45-35-18-30(43)13-14-31(28)35)24-33(32(29)23-48)39(50)46-34(40(51)44-3)12-8-11-25-9-6-5-7-10-25/h5-7,9-10,13-16,18,20,29,32-34,45H,8,11-12,17,19,21-24H2,1-4H3,(H,44,51)(H,46,50)/t29?,32?,33?,34-/m0/s1. The Hall–Kier alpha value is -5.03. The number of nitrogens with one attached hydrogen (secondary N) is 3. The molecule has 284 valence electrons. The molecule has 12 heteroatoms. The number of aryl methyl sites for hydroxylation is 1. The van der Waals surface area contributed by atoms with Crippen molar-refractivity contribution in [2.24, 2.45) is 17.8 Å². The number of rotatable bonds is 11. The molecule has 3 N–H and O–H groups in total. The van der Waals surface area contributed by atoms with Crippen LogP contribution in [-0.4, -0.2) is 90.4 Å². The normalized spacial score (nSPS) is 20.5. The highest BCUT2D eigenvalue weighted by Gasteiger charge is 2.48. The monoisotopic (exact) mass is 753 g/mol. The molecule has 0 spiro atoms. The zero-order chi connectivity index (χ0) is 38.1. The van der Waals surface area contributed by atoms with Gasteiger partial charge in [0.25, 0.3) is 5.91 Å². The molecule has 3 aromatic carbocycles. The van der Waals surface area contributed by atoms with Crippen molar-refractivity contribution in [1.82, 2.24) is 25.4 Å². The van der Waals surface area contributed by atoms with Gasteiger partial charge in [0, 0.05) is 72.9 Å². The van der Waals surface area contributed by atoms with Gasteiger partial charge in [0.1, 0.15) is 11.6 Å². The van der Waals surface area contributed by atoms with Crippen LogP contribution in [0.25, 0.3) is 10.9 Å². The summed E-state index contributed by atoms with van der Waals surface area (Å²) in [6.45, 7) is 5.35. The number of methoxy groups -OCH3 is 1. The van der Waals surface area contributed by atoms with Gasteiger partial charge in [-0.3, -0.25) is 19.2 Å². The molecule has 1 aromatic heterocycles. The van der Waals surface area contributed by atoms with Crippen LogP contribution < -0.4 is 20.1 Å². The summed E-state index contributed by atoms with van der Waals surface area (Å²) in [4.78, 5) is 62.4. The highest BCUT2D eigenvalue weighted by molar-refractivity contribution is 6.31. The Balaban J connectivity index is 1.12. The Labute approximate surface area is 320 Å². The zero-order valence-corrected chi connectivity index (χ0v) is 32.0. The number of benzene rings is 3. The lowest BCUT2D eigenvalue weighted by Crippen LogP contribution is -2.56. The van der Waals surface area contributed by atoms with Crippen LogP contribution in [0.15, 0.2) is 66.9 Å². The van der Waals surface area contributed by atoms with Crippen molar-refractivity contribution >= 4 is 46.1 Å². The highest BCUT2D eigenvalue weighted by atomic mass is 35.5. The maximum absolute atomic E-state index is 14.3. The zero-order valence-electron chi connectivity index (χ0n) is 31.2. The predicted octanol–water partition coefficient (Wildman–Crippen LogP) is 5.19. The Morgan fingerprint density at radius 1 is 1.02 bits per heavy atom. The molecule has 54 heavy (non-hydrogen) atoms. The van der Waals surface area contributed by atoms with E-state index in [0.29, 0.717) is 61.0 Å². The van der Waals surface area contributed by atoms with Gasteiger partial charge in [-0.05, 0) is 80.3 Å². The van der Waals surface area contributed by atoms with E-state index in [4.69, 9.17) is 21.1 Å². The quantitative estimate of drug-likeness (QED) is 0.193. The molecule has 4 atom stereocenters. The van der Waals surface area contributed by atoms with Crippen molar-refractivity contribution in [3.05, 3.63) is 94.1 Å². The number of carbonyl (C=O) groups is 4. The van der Waals surface area contributed by atoms with Crippen molar-refractivity contribution in [3.63, 3.8) is 0 Å². The van der Waals surface area contributed by atoms with E-state index in [9.17, 15) is 19.2 Å². The first-order valence-corrected chi connectivity index (χ1v) is 19.1. The first-order chi connectivity index (χ1) is 25.9. The number of hydrogen-bond acceptors (Lipinski definition) is 6. The van der Waals surface area contributed by atoms with Crippen LogP contribution >= 0.6 is 11.6 Å². The van der Waals surface area contributed by atoms with Crippen molar-refractivity contribution in [2.45, 2.75) is 57.6 Å². The average Bonchev–Trinajstić information content (AvgIpc) is 3.86. The van der Waals surface area contributed by atoms with Crippen LogP contribution in [-0.2, 0) is 33.6 Å². The van der Waals surface area contributed by atoms with Gasteiger partial charge < -0.3 is 34.9 Å². The molecule has 2 saturated heterocycles. The number of likely N-dealkylation sites (N-methyl/N-ethyl adjacent to an activating group) is 1. The molecule has 7 rings (SSSR count). The van der Waals surface area contributed by atoms with Crippen molar-refractivity contribution in [2.75, 3.05) is 40.3 Å². The third kappa shape index (κ3) is 7.78. The Kier molecular flexibility index (Phi) is 10.6. The molecule has 4 amide bonds. The molecule has 0 saturated carbocycles. The topological polar surface area (TPSA) is 133 Å². The fourth-order valence-corrected chi connectivity index (χ4v) is 8.69. The van der Waals surface area contributed by atoms with E-state index in [2.05, 4.69) is 15.6 Å². The number of amides is 4. The number of fused-ring (bicyclic) bond motifs is 3. The number of nitrogens with zero attached hydrogens (tertiary/aromatic N) is 2. The number of carbonyl (C=O) groups excluding carboxylic acids is 4. The van der Waals surface area contributed by atoms with E-state index in [-0.39, 0.29) is 48.4 Å². The van der Waals surface area contributed by atoms with Crippen molar-refractivity contribution in [1.29, 1.82) is 0 Å².